The van der Waals surface area contributed by atoms with Gasteiger partial charge in [-0.25, -0.2) is 4.98 Å². The van der Waals surface area contributed by atoms with Crippen LogP contribution in [0.1, 0.15) is 37.6 Å². The topological polar surface area (TPSA) is 58.4 Å². The Balaban J connectivity index is 1.62. The number of carbonyl (C=O) groups is 1. The number of allylic oxidation sites excluding steroid dienone is 1. The Bertz CT molecular complexity index is 1040. The summed E-state index contributed by atoms with van der Waals surface area (Å²) in [5.74, 6) is 0.773. The Kier molecular flexibility index (Phi) is 6.89. The highest BCUT2D eigenvalue weighted by Gasteiger charge is 2.28. The zero-order valence-corrected chi connectivity index (χ0v) is 20.4. The fourth-order valence-electron chi connectivity index (χ4n) is 4.53. The van der Waals surface area contributed by atoms with Gasteiger partial charge in [0.25, 0.3) is 5.56 Å². The molecule has 0 bridgehead atoms. The standard InChI is InChI=1S/C23H32N4O2S2/c1-5-9-27-22(29)19-17-8-7-15(3)14-18(17)31-20(19)24-23(27)30-16(4)21(28)26-12-10-25(6-2)11-13-26/h5,15-16H,1,6-14H2,2-4H3/t15-,16+/m1/s1. The van der Waals surface area contributed by atoms with Crippen molar-refractivity contribution < 1.29 is 4.79 Å². The largest absolute Gasteiger partial charge is 0.339 e. The molecular formula is C23H32N4O2S2. The monoisotopic (exact) mass is 460 g/mol. The first-order valence-electron chi connectivity index (χ1n) is 11.3. The average molecular weight is 461 g/mol. The summed E-state index contributed by atoms with van der Waals surface area (Å²) >= 11 is 3.06. The lowest BCUT2D eigenvalue weighted by Gasteiger charge is -2.35. The van der Waals surface area contributed by atoms with E-state index in [-0.39, 0.29) is 16.7 Å². The first-order valence-corrected chi connectivity index (χ1v) is 13.0. The maximum Gasteiger partial charge on any atom is 0.263 e. The highest BCUT2D eigenvalue weighted by Crippen LogP contribution is 2.37. The number of piperazine rings is 1. The van der Waals surface area contributed by atoms with E-state index < -0.39 is 0 Å². The van der Waals surface area contributed by atoms with Gasteiger partial charge in [-0.05, 0) is 44.2 Å². The van der Waals surface area contributed by atoms with Crippen LogP contribution < -0.4 is 5.56 Å². The number of aryl methyl sites for hydroxylation is 1. The molecule has 4 rings (SSSR count). The van der Waals surface area contributed by atoms with Gasteiger partial charge in [0.15, 0.2) is 5.16 Å². The molecule has 1 fully saturated rings. The van der Waals surface area contributed by atoms with Crippen LogP contribution in [0.3, 0.4) is 0 Å². The van der Waals surface area contributed by atoms with Gasteiger partial charge in [0.1, 0.15) is 4.83 Å². The summed E-state index contributed by atoms with van der Waals surface area (Å²) in [6.45, 7) is 15.0. The van der Waals surface area contributed by atoms with Crippen LogP contribution in [0.25, 0.3) is 10.2 Å². The van der Waals surface area contributed by atoms with Gasteiger partial charge < -0.3 is 9.80 Å². The third kappa shape index (κ3) is 4.47. The van der Waals surface area contributed by atoms with Crippen molar-refractivity contribution in [2.45, 2.75) is 57.0 Å². The molecule has 6 nitrogen and oxygen atoms in total. The normalized spacial score (nSPS) is 20.6. The number of fused-ring (bicyclic) bond motifs is 3. The second-order valence-electron chi connectivity index (χ2n) is 8.65. The lowest BCUT2D eigenvalue weighted by Crippen LogP contribution is -2.50. The van der Waals surface area contributed by atoms with Crippen LogP contribution in [0.2, 0.25) is 0 Å². The first-order chi connectivity index (χ1) is 14.9. The van der Waals surface area contributed by atoms with Gasteiger partial charge in [0, 0.05) is 37.6 Å². The van der Waals surface area contributed by atoms with E-state index in [1.165, 1.54) is 22.2 Å². The van der Waals surface area contributed by atoms with E-state index in [9.17, 15) is 9.59 Å². The first kappa shape index (κ1) is 22.6. The molecule has 1 saturated heterocycles. The summed E-state index contributed by atoms with van der Waals surface area (Å²) in [6, 6.07) is 0. The Hall–Kier alpha value is -1.64. The smallest absolute Gasteiger partial charge is 0.263 e. The SMILES string of the molecule is C=CCn1c(S[C@@H](C)C(=O)N2CCN(CC)CC2)nc2sc3c(c2c1=O)CC[C@@H](C)C3. The predicted molar refractivity (Wildman–Crippen MR) is 129 cm³/mol. The summed E-state index contributed by atoms with van der Waals surface area (Å²) in [6.07, 6.45) is 4.83. The van der Waals surface area contributed by atoms with Crippen molar-refractivity contribution >= 4 is 39.2 Å². The Morgan fingerprint density at radius 2 is 2.10 bits per heavy atom. The van der Waals surface area contributed by atoms with Crippen molar-refractivity contribution in [3.63, 3.8) is 0 Å². The lowest BCUT2D eigenvalue weighted by molar-refractivity contribution is -0.132. The number of thioether (sulfide) groups is 1. The average Bonchev–Trinajstić information content (AvgIpc) is 3.13. The molecule has 31 heavy (non-hydrogen) atoms. The van der Waals surface area contributed by atoms with Crippen molar-refractivity contribution in [1.29, 1.82) is 0 Å². The fourth-order valence-corrected chi connectivity index (χ4v) is 6.96. The van der Waals surface area contributed by atoms with E-state index in [1.807, 2.05) is 11.8 Å². The summed E-state index contributed by atoms with van der Waals surface area (Å²) in [4.78, 5) is 37.8. The molecule has 8 heteroatoms. The molecule has 1 aliphatic heterocycles. The number of carbonyl (C=O) groups excluding carboxylic acids is 1. The van der Waals surface area contributed by atoms with Crippen molar-refractivity contribution in [3.05, 3.63) is 33.4 Å². The van der Waals surface area contributed by atoms with Gasteiger partial charge in [-0.1, -0.05) is 31.7 Å². The highest BCUT2D eigenvalue weighted by atomic mass is 32.2. The fraction of sp³-hybridized carbons (Fsp3) is 0.609. The summed E-state index contributed by atoms with van der Waals surface area (Å²) < 4.78 is 1.70. The molecular weight excluding hydrogens is 428 g/mol. The number of nitrogens with zero attached hydrogens (tertiary/aromatic N) is 4. The van der Waals surface area contributed by atoms with E-state index in [1.54, 1.807) is 22.0 Å². The Labute approximate surface area is 192 Å². The van der Waals surface area contributed by atoms with E-state index in [2.05, 4.69) is 25.3 Å². The summed E-state index contributed by atoms with van der Waals surface area (Å²) in [7, 11) is 0. The van der Waals surface area contributed by atoms with Crippen LogP contribution in [-0.4, -0.2) is 63.2 Å². The van der Waals surface area contributed by atoms with E-state index >= 15 is 0 Å². The molecule has 1 aliphatic carbocycles. The molecule has 3 heterocycles. The molecule has 0 aromatic carbocycles. The van der Waals surface area contributed by atoms with Gasteiger partial charge in [-0.3, -0.25) is 14.2 Å². The van der Waals surface area contributed by atoms with Crippen LogP contribution in [0.4, 0.5) is 0 Å². The second-order valence-corrected chi connectivity index (χ2v) is 11.0. The Morgan fingerprint density at radius 1 is 1.35 bits per heavy atom. The third-order valence-electron chi connectivity index (χ3n) is 6.45. The molecule has 168 valence electrons. The molecule has 2 atom stereocenters. The van der Waals surface area contributed by atoms with Gasteiger partial charge in [-0.2, -0.15) is 0 Å². The van der Waals surface area contributed by atoms with Crippen LogP contribution in [-0.2, 0) is 24.2 Å². The zero-order valence-electron chi connectivity index (χ0n) is 18.7. The van der Waals surface area contributed by atoms with Crippen molar-refractivity contribution in [3.8, 4) is 0 Å². The molecule has 1 amide bonds. The molecule has 0 unspecified atom stereocenters. The number of hydrogen-bond donors (Lipinski definition) is 0. The molecule has 0 saturated carbocycles. The summed E-state index contributed by atoms with van der Waals surface area (Å²) in [5.41, 5.74) is 1.21. The number of likely N-dealkylation sites (N-methyl/N-ethyl adjacent to an activating group) is 1. The molecule has 0 radical (unpaired) electrons. The van der Waals surface area contributed by atoms with Gasteiger partial charge >= 0.3 is 0 Å². The number of aromatic nitrogens is 2. The summed E-state index contributed by atoms with van der Waals surface area (Å²) in [5, 5.41) is 1.12. The van der Waals surface area contributed by atoms with E-state index in [0.717, 1.165) is 62.2 Å². The molecule has 0 N–H and O–H groups in total. The number of amides is 1. The van der Waals surface area contributed by atoms with Crippen LogP contribution in [0, 0.1) is 5.92 Å². The van der Waals surface area contributed by atoms with Gasteiger partial charge in [0.2, 0.25) is 5.91 Å². The number of hydrogen-bond acceptors (Lipinski definition) is 6. The number of thiophene rings is 1. The second kappa shape index (κ2) is 9.46. The minimum absolute atomic E-state index is 0.00987. The predicted octanol–water partition coefficient (Wildman–Crippen LogP) is 3.41. The zero-order chi connectivity index (χ0) is 22.1. The highest BCUT2D eigenvalue weighted by molar-refractivity contribution is 8.00. The van der Waals surface area contributed by atoms with E-state index in [4.69, 9.17) is 4.98 Å². The molecule has 0 spiro atoms. The van der Waals surface area contributed by atoms with Crippen molar-refractivity contribution in [2.24, 2.45) is 5.92 Å². The minimum atomic E-state index is -0.289. The Morgan fingerprint density at radius 3 is 2.77 bits per heavy atom. The number of rotatable bonds is 6. The maximum absolute atomic E-state index is 13.4. The van der Waals surface area contributed by atoms with Crippen LogP contribution >= 0.6 is 23.1 Å². The molecule has 2 aliphatic rings. The minimum Gasteiger partial charge on any atom is -0.339 e. The third-order valence-corrected chi connectivity index (χ3v) is 8.68. The quantitative estimate of drug-likeness (QED) is 0.376. The van der Waals surface area contributed by atoms with E-state index in [0.29, 0.717) is 17.6 Å². The van der Waals surface area contributed by atoms with Crippen molar-refractivity contribution in [2.75, 3.05) is 32.7 Å². The molecule has 2 aromatic heterocycles. The maximum atomic E-state index is 13.4. The molecule has 2 aromatic rings. The van der Waals surface area contributed by atoms with Gasteiger partial charge in [0.05, 0.1) is 10.6 Å². The lowest BCUT2D eigenvalue weighted by atomic mass is 9.89. The van der Waals surface area contributed by atoms with Crippen LogP contribution in [0.5, 0.6) is 0 Å². The van der Waals surface area contributed by atoms with Crippen LogP contribution in [0.15, 0.2) is 22.6 Å². The van der Waals surface area contributed by atoms with Gasteiger partial charge in [-0.15, -0.1) is 17.9 Å². The van der Waals surface area contributed by atoms with Crippen molar-refractivity contribution in [1.82, 2.24) is 19.4 Å².